The van der Waals surface area contributed by atoms with Crippen LogP contribution in [0.2, 0.25) is 0 Å². The zero-order chi connectivity index (χ0) is 29.5. The van der Waals surface area contributed by atoms with Gasteiger partial charge in [0.1, 0.15) is 29.8 Å². The minimum atomic E-state index is -1.75. The molecule has 4 aliphatic heterocycles. The van der Waals surface area contributed by atoms with Crippen molar-refractivity contribution in [1.29, 1.82) is 0 Å². The van der Waals surface area contributed by atoms with E-state index >= 15 is 0 Å². The molecule has 0 radical (unpaired) electrons. The number of ether oxygens (including phenoxy) is 4. The zero-order valence-corrected chi connectivity index (χ0v) is 25.1. The summed E-state index contributed by atoms with van der Waals surface area (Å²) in [6.45, 7) is 10.0. The Morgan fingerprint density at radius 2 is 1.85 bits per heavy atom. The van der Waals surface area contributed by atoms with E-state index < -0.39 is 47.7 Å². The first-order valence-corrected chi connectivity index (χ1v) is 15.5. The van der Waals surface area contributed by atoms with Gasteiger partial charge in [0.2, 0.25) is 0 Å². The van der Waals surface area contributed by atoms with E-state index in [1.807, 2.05) is 26.0 Å². The molecule has 3 fully saturated rings. The lowest BCUT2D eigenvalue weighted by Gasteiger charge is -2.50. The summed E-state index contributed by atoms with van der Waals surface area (Å²) >= 11 is 0. The number of esters is 1. The van der Waals surface area contributed by atoms with Gasteiger partial charge in [-0.1, -0.05) is 57.6 Å². The summed E-state index contributed by atoms with van der Waals surface area (Å²) < 4.78 is 25.5. The maximum atomic E-state index is 13.9. The smallest absolute Gasteiger partial charge is 0.316 e. The molecule has 0 aromatic carbocycles. The van der Waals surface area contributed by atoms with Crippen molar-refractivity contribution in [1.82, 2.24) is 0 Å². The highest BCUT2D eigenvalue weighted by Gasteiger charge is 2.60. The second-order valence-electron chi connectivity index (χ2n) is 13.1. The minimum absolute atomic E-state index is 0.0728. The van der Waals surface area contributed by atoms with Gasteiger partial charge in [-0.15, -0.1) is 0 Å². The Morgan fingerprint density at radius 3 is 2.61 bits per heavy atom. The van der Waals surface area contributed by atoms with Crippen molar-refractivity contribution in [3.8, 4) is 0 Å². The van der Waals surface area contributed by atoms with Gasteiger partial charge in [-0.05, 0) is 55.7 Å². The molecule has 0 aromatic rings. The average molecular weight is 573 g/mol. The Kier molecular flexibility index (Phi) is 9.01. The van der Waals surface area contributed by atoms with Crippen LogP contribution < -0.4 is 0 Å². The topological polar surface area (TPSA) is 115 Å². The van der Waals surface area contributed by atoms with Crippen LogP contribution in [-0.4, -0.2) is 75.9 Å². The Morgan fingerprint density at radius 1 is 1.07 bits per heavy atom. The Hall–Kier alpha value is -1.81. The molecule has 8 nitrogen and oxygen atoms in total. The molecule has 0 amide bonds. The predicted molar refractivity (Wildman–Crippen MR) is 154 cm³/mol. The van der Waals surface area contributed by atoms with Crippen LogP contribution in [0, 0.1) is 17.8 Å². The maximum Gasteiger partial charge on any atom is 0.316 e. The van der Waals surface area contributed by atoms with Crippen LogP contribution in [0.3, 0.4) is 0 Å². The fourth-order valence-electron chi connectivity index (χ4n) is 7.32. The highest BCUT2D eigenvalue weighted by Crippen LogP contribution is 2.47. The number of allylic oxidation sites excluding steroid dienone is 2. The third-order valence-electron chi connectivity index (χ3n) is 9.94. The molecular formula is C33H48O8. The van der Waals surface area contributed by atoms with Crippen LogP contribution in [0.25, 0.3) is 0 Å². The lowest BCUT2D eigenvalue weighted by atomic mass is 9.71. The lowest BCUT2D eigenvalue weighted by Crippen LogP contribution is -2.58. The minimum Gasteiger partial charge on any atom is -0.462 e. The summed E-state index contributed by atoms with van der Waals surface area (Å²) in [7, 11) is 0. The molecule has 1 spiro atoms. The van der Waals surface area contributed by atoms with E-state index in [2.05, 4.69) is 13.8 Å². The summed E-state index contributed by atoms with van der Waals surface area (Å²) in [6.07, 6.45) is 10.8. The Bertz CT molecular complexity index is 1110. The number of aliphatic hydroxyl groups excluding tert-OH is 2. The molecule has 0 aromatic heterocycles. The van der Waals surface area contributed by atoms with E-state index in [0.29, 0.717) is 42.7 Å². The van der Waals surface area contributed by atoms with Crippen LogP contribution >= 0.6 is 0 Å². The Balaban J connectivity index is 1.52. The van der Waals surface area contributed by atoms with E-state index in [4.69, 9.17) is 18.9 Å². The monoisotopic (exact) mass is 572 g/mol. The van der Waals surface area contributed by atoms with Crippen molar-refractivity contribution in [3.63, 3.8) is 0 Å². The second kappa shape index (κ2) is 12.1. The van der Waals surface area contributed by atoms with Crippen molar-refractivity contribution in [3.05, 3.63) is 47.1 Å². The van der Waals surface area contributed by atoms with Gasteiger partial charge in [-0.3, -0.25) is 4.79 Å². The molecule has 3 saturated heterocycles. The van der Waals surface area contributed by atoms with Crippen LogP contribution in [0.5, 0.6) is 0 Å². The van der Waals surface area contributed by atoms with E-state index in [-0.39, 0.29) is 24.7 Å². The molecule has 8 heteroatoms. The van der Waals surface area contributed by atoms with E-state index in [1.54, 1.807) is 25.2 Å². The molecule has 5 rings (SSSR count). The first kappa shape index (κ1) is 30.6. The van der Waals surface area contributed by atoms with Gasteiger partial charge in [0.15, 0.2) is 5.79 Å². The fourth-order valence-corrected chi connectivity index (χ4v) is 7.32. The number of rotatable bonds is 2. The Labute approximate surface area is 244 Å². The third-order valence-corrected chi connectivity index (χ3v) is 9.94. The van der Waals surface area contributed by atoms with E-state index in [9.17, 15) is 20.1 Å². The summed E-state index contributed by atoms with van der Waals surface area (Å²) in [5.41, 5.74) is 0.163. The highest BCUT2D eigenvalue weighted by molar-refractivity contribution is 5.78. The van der Waals surface area contributed by atoms with Gasteiger partial charge < -0.3 is 34.3 Å². The largest absolute Gasteiger partial charge is 0.462 e. The van der Waals surface area contributed by atoms with Crippen molar-refractivity contribution < 1.29 is 39.1 Å². The van der Waals surface area contributed by atoms with Gasteiger partial charge in [0.05, 0.1) is 24.9 Å². The van der Waals surface area contributed by atoms with Crippen LogP contribution in [0.4, 0.5) is 0 Å². The van der Waals surface area contributed by atoms with Crippen LogP contribution in [0.1, 0.15) is 79.6 Å². The summed E-state index contributed by atoms with van der Waals surface area (Å²) in [4.78, 5) is 13.9. The SMILES string of the molecule is CCC[C@H]1O[C@]2(CC[C@@H]1C)C[C@@H]1C[C@@H](C/C=C(\C)[C@H](O)[C@@H](C)/C=C/C=C3\CO[C@@H]4[C@H](O)C(C)=C[C@@H](C(=O)O1)[C@]34O)O2. The van der Waals surface area contributed by atoms with Gasteiger partial charge in [-0.2, -0.15) is 0 Å². The van der Waals surface area contributed by atoms with E-state index in [0.717, 1.165) is 24.8 Å². The molecule has 3 N–H and O–H groups in total. The fraction of sp³-hybridized carbons (Fsp3) is 0.727. The van der Waals surface area contributed by atoms with E-state index in [1.165, 1.54) is 0 Å². The summed E-state index contributed by atoms with van der Waals surface area (Å²) in [5, 5.41) is 34.0. The molecule has 2 bridgehead atoms. The van der Waals surface area contributed by atoms with Crippen molar-refractivity contribution in [2.24, 2.45) is 17.8 Å². The second-order valence-corrected chi connectivity index (χ2v) is 13.1. The predicted octanol–water partition coefficient (Wildman–Crippen LogP) is 4.29. The lowest BCUT2D eigenvalue weighted by molar-refractivity contribution is -0.335. The van der Waals surface area contributed by atoms with Gasteiger partial charge in [-0.25, -0.2) is 0 Å². The molecular weight excluding hydrogens is 524 g/mol. The molecule has 4 heterocycles. The van der Waals surface area contributed by atoms with Gasteiger partial charge >= 0.3 is 5.97 Å². The summed E-state index contributed by atoms with van der Waals surface area (Å²) in [5.74, 6) is -2.19. The number of aliphatic hydroxyl groups is 3. The van der Waals surface area contributed by atoms with Crippen molar-refractivity contribution in [2.75, 3.05) is 6.61 Å². The van der Waals surface area contributed by atoms with Gasteiger partial charge in [0, 0.05) is 25.2 Å². The van der Waals surface area contributed by atoms with Crippen LogP contribution in [-0.2, 0) is 23.7 Å². The number of carbonyl (C=O) groups excluding carboxylic acids is 1. The average Bonchev–Trinajstić information content (AvgIpc) is 3.27. The first-order chi connectivity index (χ1) is 19.5. The third kappa shape index (κ3) is 5.89. The molecule has 0 unspecified atom stereocenters. The number of hydrogen-bond acceptors (Lipinski definition) is 8. The standard InChI is InChI=1S/C33H48O8/c1-6-8-27-19(2)13-14-32(41-27)17-25-16-24(40-32)12-11-21(4)28(34)20(3)9-7-10-23-18-38-30-29(35)22(5)15-26(31(36)39-25)33(23,30)37/h7,9-11,15,19-20,24-30,34-35,37H,6,8,12-14,16-18H2,1-5H3/b9-7+,21-11+,23-10+/t19-,20-,24+,25-,26-,27+,28+,29+,30+,32+,33+/m0/s1. The molecule has 1 aliphatic carbocycles. The molecule has 41 heavy (non-hydrogen) atoms. The summed E-state index contributed by atoms with van der Waals surface area (Å²) in [6, 6.07) is 0. The molecule has 228 valence electrons. The quantitative estimate of drug-likeness (QED) is 0.332. The van der Waals surface area contributed by atoms with Gasteiger partial charge in [0.25, 0.3) is 0 Å². The zero-order valence-electron chi connectivity index (χ0n) is 25.1. The van der Waals surface area contributed by atoms with Crippen molar-refractivity contribution in [2.45, 2.75) is 128 Å². The number of fused-ring (bicyclic) bond motifs is 2. The molecule has 11 atom stereocenters. The number of carbonyl (C=O) groups is 1. The number of hydrogen-bond donors (Lipinski definition) is 3. The van der Waals surface area contributed by atoms with Crippen LogP contribution in [0.15, 0.2) is 47.1 Å². The first-order valence-electron chi connectivity index (χ1n) is 15.5. The molecule has 0 saturated carbocycles. The molecule has 5 aliphatic rings. The highest BCUT2D eigenvalue weighted by atomic mass is 16.7. The van der Waals surface area contributed by atoms with Crippen molar-refractivity contribution >= 4 is 5.97 Å². The normalized spacial score (nSPS) is 48.7. The maximum absolute atomic E-state index is 13.9.